The summed E-state index contributed by atoms with van der Waals surface area (Å²) in [4.78, 5) is 21.3. The molecule has 1 aliphatic heterocycles. The summed E-state index contributed by atoms with van der Waals surface area (Å²) in [5, 5.41) is 6.36. The SMILES string of the molecule is O=c1cc(CC2CCNC2)nc2nc(-c3ccccc3)[nH]n12. The molecule has 22 heavy (non-hydrogen) atoms. The first kappa shape index (κ1) is 13.2. The fraction of sp³-hybridized carbons (Fsp3) is 0.312. The average molecular weight is 295 g/mol. The summed E-state index contributed by atoms with van der Waals surface area (Å²) >= 11 is 0. The van der Waals surface area contributed by atoms with E-state index in [1.165, 1.54) is 4.52 Å². The van der Waals surface area contributed by atoms with Gasteiger partial charge in [0.05, 0.1) is 5.69 Å². The highest BCUT2D eigenvalue weighted by Crippen LogP contribution is 2.16. The van der Waals surface area contributed by atoms with Crippen LogP contribution in [0.5, 0.6) is 0 Å². The summed E-state index contributed by atoms with van der Waals surface area (Å²) in [5.74, 6) is 1.65. The molecule has 6 heteroatoms. The van der Waals surface area contributed by atoms with Crippen molar-refractivity contribution in [1.82, 2.24) is 24.9 Å². The van der Waals surface area contributed by atoms with E-state index < -0.39 is 0 Å². The third kappa shape index (κ3) is 2.42. The van der Waals surface area contributed by atoms with E-state index in [2.05, 4.69) is 20.4 Å². The molecule has 2 aromatic heterocycles. The van der Waals surface area contributed by atoms with Crippen LogP contribution in [-0.2, 0) is 6.42 Å². The van der Waals surface area contributed by atoms with E-state index in [4.69, 9.17) is 0 Å². The van der Waals surface area contributed by atoms with Gasteiger partial charge in [0.25, 0.3) is 11.3 Å². The fourth-order valence-electron chi connectivity index (χ4n) is 2.94. The molecule has 2 N–H and O–H groups in total. The van der Waals surface area contributed by atoms with Crippen molar-refractivity contribution in [3.63, 3.8) is 0 Å². The zero-order valence-electron chi connectivity index (χ0n) is 12.1. The molecule has 1 aromatic carbocycles. The van der Waals surface area contributed by atoms with Crippen LogP contribution in [0.25, 0.3) is 17.2 Å². The predicted octanol–water partition coefficient (Wildman–Crippen LogP) is 1.24. The quantitative estimate of drug-likeness (QED) is 0.762. The minimum atomic E-state index is -0.111. The monoisotopic (exact) mass is 295 g/mol. The smallest absolute Gasteiger partial charge is 0.274 e. The number of hydrogen-bond donors (Lipinski definition) is 2. The van der Waals surface area contributed by atoms with Crippen molar-refractivity contribution in [2.24, 2.45) is 5.92 Å². The number of aromatic amines is 1. The topological polar surface area (TPSA) is 75.1 Å². The number of fused-ring (bicyclic) bond motifs is 1. The average Bonchev–Trinajstić information content (AvgIpc) is 3.18. The number of benzene rings is 1. The van der Waals surface area contributed by atoms with Crippen LogP contribution in [0.15, 0.2) is 41.2 Å². The first-order valence-corrected chi connectivity index (χ1v) is 7.54. The first-order chi connectivity index (χ1) is 10.8. The molecular weight excluding hydrogens is 278 g/mol. The second-order valence-corrected chi connectivity index (χ2v) is 5.72. The summed E-state index contributed by atoms with van der Waals surface area (Å²) in [7, 11) is 0. The Morgan fingerprint density at radius 3 is 2.86 bits per heavy atom. The second-order valence-electron chi connectivity index (χ2n) is 5.72. The molecule has 0 spiro atoms. The van der Waals surface area contributed by atoms with Gasteiger partial charge < -0.3 is 5.32 Å². The highest BCUT2D eigenvalue weighted by atomic mass is 16.1. The van der Waals surface area contributed by atoms with Crippen molar-refractivity contribution in [3.05, 3.63) is 52.4 Å². The van der Waals surface area contributed by atoms with Crippen LogP contribution in [0, 0.1) is 5.92 Å². The standard InChI is InChI=1S/C16H17N5O/c22-14-9-13(8-11-6-7-17-10-11)18-16-19-15(20-21(14)16)12-4-2-1-3-5-12/h1-5,9,11,17H,6-8,10H2,(H,18,19,20). The van der Waals surface area contributed by atoms with E-state index in [-0.39, 0.29) is 5.56 Å². The van der Waals surface area contributed by atoms with E-state index in [1.807, 2.05) is 30.3 Å². The van der Waals surface area contributed by atoms with E-state index in [0.717, 1.165) is 37.2 Å². The third-order valence-electron chi connectivity index (χ3n) is 4.09. The van der Waals surface area contributed by atoms with Crippen molar-refractivity contribution >= 4 is 5.78 Å². The highest BCUT2D eigenvalue weighted by molar-refractivity contribution is 5.56. The largest absolute Gasteiger partial charge is 0.316 e. The molecule has 3 heterocycles. The Morgan fingerprint density at radius 1 is 1.23 bits per heavy atom. The van der Waals surface area contributed by atoms with Crippen molar-refractivity contribution in [1.29, 1.82) is 0 Å². The molecule has 0 radical (unpaired) electrons. The molecule has 0 amide bonds. The zero-order valence-corrected chi connectivity index (χ0v) is 12.1. The Morgan fingerprint density at radius 2 is 2.09 bits per heavy atom. The number of rotatable bonds is 3. The van der Waals surface area contributed by atoms with E-state index >= 15 is 0 Å². The lowest BCUT2D eigenvalue weighted by atomic mass is 10.0. The molecule has 0 bridgehead atoms. The maximum atomic E-state index is 12.3. The molecule has 0 saturated carbocycles. The lowest BCUT2D eigenvalue weighted by Gasteiger charge is -2.06. The van der Waals surface area contributed by atoms with Gasteiger partial charge in [0, 0.05) is 11.6 Å². The van der Waals surface area contributed by atoms with Gasteiger partial charge in [-0.2, -0.15) is 9.50 Å². The van der Waals surface area contributed by atoms with Gasteiger partial charge in [-0.3, -0.25) is 9.89 Å². The number of H-pyrrole nitrogens is 1. The molecule has 1 unspecified atom stereocenters. The molecule has 4 rings (SSSR count). The maximum absolute atomic E-state index is 12.3. The number of nitrogens with zero attached hydrogens (tertiary/aromatic N) is 3. The van der Waals surface area contributed by atoms with Gasteiger partial charge in [0.1, 0.15) is 0 Å². The zero-order chi connectivity index (χ0) is 14.9. The Balaban J connectivity index is 1.73. The van der Waals surface area contributed by atoms with Crippen molar-refractivity contribution in [2.45, 2.75) is 12.8 Å². The van der Waals surface area contributed by atoms with Crippen LogP contribution in [0.3, 0.4) is 0 Å². The van der Waals surface area contributed by atoms with Crippen LogP contribution in [0.4, 0.5) is 0 Å². The second kappa shape index (κ2) is 5.38. The van der Waals surface area contributed by atoms with Crippen LogP contribution < -0.4 is 10.9 Å². The van der Waals surface area contributed by atoms with Crippen LogP contribution in [0.2, 0.25) is 0 Å². The van der Waals surface area contributed by atoms with Crippen molar-refractivity contribution in [2.75, 3.05) is 13.1 Å². The normalized spacial score (nSPS) is 18.1. The van der Waals surface area contributed by atoms with E-state index in [0.29, 0.717) is 17.5 Å². The minimum absolute atomic E-state index is 0.111. The van der Waals surface area contributed by atoms with Gasteiger partial charge in [-0.15, -0.1) is 0 Å². The van der Waals surface area contributed by atoms with Gasteiger partial charge in [-0.05, 0) is 31.8 Å². The van der Waals surface area contributed by atoms with Gasteiger partial charge in [0.15, 0.2) is 5.82 Å². The number of hydrogen-bond acceptors (Lipinski definition) is 4. The van der Waals surface area contributed by atoms with Gasteiger partial charge in [0.2, 0.25) is 0 Å². The fourth-order valence-corrected chi connectivity index (χ4v) is 2.94. The van der Waals surface area contributed by atoms with Crippen molar-refractivity contribution < 1.29 is 0 Å². The molecule has 112 valence electrons. The Kier molecular flexibility index (Phi) is 3.23. The Labute approximate surface area is 127 Å². The molecule has 1 saturated heterocycles. The minimum Gasteiger partial charge on any atom is -0.316 e. The maximum Gasteiger partial charge on any atom is 0.274 e. The van der Waals surface area contributed by atoms with Crippen molar-refractivity contribution in [3.8, 4) is 11.4 Å². The molecular formula is C16H17N5O. The van der Waals surface area contributed by atoms with E-state index in [9.17, 15) is 4.79 Å². The summed E-state index contributed by atoms with van der Waals surface area (Å²) in [6.07, 6.45) is 1.96. The summed E-state index contributed by atoms with van der Waals surface area (Å²) in [6.45, 7) is 2.04. The Bertz CT molecular complexity index is 846. The lowest BCUT2D eigenvalue weighted by molar-refractivity contribution is 0.570. The molecule has 1 fully saturated rings. The predicted molar refractivity (Wildman–Crippen MR) is 83.7 cm³/mol. The number of aromatic nitrogens is 4. The summed E-state index contributed by atoms with van der Waals surface area (Å²) in [6, 6.07) is 11.3. The van der Waals surface area contributed by atoms with Gasteiger partial charge in [-0.25, -0.2) is 4.98 Å². The summed E-state index contributed by atoms with van der Waals surface area (Å²) in [5.41, 5.74) is 1.65. The van der Waals surface area contributed by atoms with Gasteiger partial charge in [-0.1, -0.05) is 30.3 Å². The first-order valence-electron chi connectivity index (χ1n) is 7.54. The van der Waals surface area contributed by atoms with Crippen LogP contribution >= 0.6 is 0 Å². The highest BCUT2D eigenvalue weighted by Gasteiger charge is 2.17. The lowest BCUT2D eigenvalue weighted by Crippen LogP contribution is -2.18. The molecule has 1 aliphatic rings. The molecule has 3 aromatic rings. The number of nitrogens with one attached hydrogen (secondary N) is 2. The van der Waals surface area contributed by atoms with E-state index in [1.54, 1.807) is 6.07 Å². The Hall–Kier alpha value is -2.47. The van der Waals surface area contributed by atoms with Crippen LogP contribution in [-0.4, -0.2) is 32.7 Å². The molecule has 0 aliphatic carbocycles. The van der Waals surface area contributed by atoms with Gasteiger partial charge >= 0.3 is 0 Å². The molecule has 6 nitrogen and oxygen atoms in total. The third-order valence-corrected chi connectivity index (χ3v) is 4.09. The molecule has 1 atom stereocenters. The summed E-state index contributed by atoms with van der Waals surface area (Å²) < 4.78 is 1.40. The van der Waals surface area contributed by atoms with Crippen LogP contribution in [0.1, 0.15) is 12.1 Å².